The lowest BCUT2D eigenvalue weighted by atomic mass is 10.1. The highest BCUT2D eigenvalue weighted by Gasteiger charge is 2.18. The van der Waals surface area contributed by atoms with Crippen molar-refractivity contribution in [3.05, 3.63) is 0 Å². The summed E-state index contributed by atoms with van der Waals surface area (Å²) in [5.74, 6) is -0.724. The minimum Gasteiger partial charge on any atom is -0.297 e. The van der Waals surface area contributed by atoms with Crippen molar-refractivity contribution in [3.8, 4) is 0 Å². The molecule has 0 aliphatic carbocycles. The Morgan fingerprint density at radius 2 is 1.50 bits per heavy atom. The second kappa shape index (κ2) is 3.80. The van der Waals surface area contributed by atoms with Crippen molar-refractivity contribution in [1.29, 1.82) is 0 Å². The zero-order chi connectivity index (χ0) is 9.94. The molecule has 0 N–H and O–H groups in total. The molecular formula is C7H13NO3S. The number of hydrogen-bond acceptors (Lipinski definition) is 4. The summed E-state index contributed by atoms with van der Waals surface area (Å²) in [6.07, 6.45) is 2.79. The fourth-order valence-corrected chi connectivity index (χ4v) is 1.49. The van der Waals surface area contributed by atoms with Crippen molar-refractivity contribution < 1.29 is 13.8 Å². The van der Waals surface area contributed by atoms with Crippen molar-refractivity contribution in [1.82, 2.24) is 0 Å². The molecule has 0 aromatic carbocycles. The third-order valence-electron chi connectivity index (χ3n) is 1.13. The van der Waals surface area contributed by atoms with Crippen LogP contribution in [0.4, 0.5) is 0 Å². The van der Waals surface area contributed by atoms with Crippen LogP contribution in [0.3, 0.4) is 0 Å². The largest absolute Gasteiger partial charge is 0.297 e. The Bertz CT molecular complexity index is 291. The number of hydrogen-bond donors (Lipinski definition) is 0. The highest BCUT2D eigenvalue weighted by molar-refractivity contribution is 7.92. The molecule has 0 radical (unpaired) electrons. The Hall–Kier alpha value is -0.710. The first-order chi connectivity index (χ1) is 5.24. The zero-order valence-electron chi connectivity index (χ0n) is 7.66. The Balaban J connectivity index is 4.94. The molecule has 0 heterocycles. The van der Waals surface area contributed by atoms with Gasteiger partial charge in [-0.15, -0.1) is 0 Å². The van der Waals surface area contributed by atoms with Gasteiger partial charge >= 0.3 is 0 Å². The maximum absolute atomic E-state index is 11.1. The van der Waals surface area contributed by atoms with Crippen LogP contribution in [0.5, 0.6) is 0 Å². The molecule has 0 saturated heterocycles. The Morgan fingerprint density at radius 3 is 1.58 bits per heavy atom. The van der Waals surface area contributed by atoms with Gasteiger partial charge < -0.3 is 0 Å². The van der Waals surface area contributed by atoms with E-state index in [1.807, 2.05) is 0 Å². The predicted octanol–water partition coefficient (Wildman–Crippen LogP) is 0.261. The SMILES string of the molecule is CC(=O)C(N=S(C)(C)=O)C(C)=O. The fourth-order valence-electron chi connectivity index (χ4n) is 0.689. The summed E-state index contributed by atoms with van der Waals surface area (Å²) < 4.78 is 14.8. The van der Waals surface area contributed by atoms with Gasteiger partial charge in [-0.3, -0.25) is 13.8 Å². The lowest BCUT2D eigenvalue weighted by Crippen LogP contribution is -2.25. The van der Waals surface area contributed by atoms with Gasteiger partial charge in [-0.25, -0.2) is 4.36 Å². The maximum Gasteiger partial charge on any atom is 0.175 e. The van der Waals surface area contributed by atoms with Crippen LogP contribution in [0.15, 0.2) is 4.36 Å². The first-order valence-electron chi connectivity index (χ1n) is 3.41. The van der Waals surface area contributed by atoms with Gasteiger partial charge in [0.15, 0.2) is 17.6 Å². The molecule has 5 heteroatoms. The molecule has 0 saturated carbocycles. The molecule has 0 spiro atoms. The van der Waals surface area contributed by atoms with Gasteiger partial charge in [0.25, 0.3) is 0 Å². The van der Waals surface area contributed by atoms with Crippen molar-refractivity contribution in [2.75, 3.05) is 12.5 Å². The van der Waals surface area contributed by atoms with E-state index in [4.69, 9.17) is 0 Å². The van der Waals surface area contributed by atoms with E-state index in [1.165, 1.54) is 26.4 Å². The fraction of sp³-hybridized carbons (Fsp3) is 0.714. The summed E-state index contributed by atoms with van der Waals surface area (Å²) in [6.45, 7) is 2.53. The molecule has 0 atom stereocenters. The van der Waals surface area contributed by atoms with E-state index in [0.29, 0.717) is 0 Å². The quantitative estimate of drug-likeness (QED) is 0.601. The second-order valence-corrected chi connectivity index (χ2v) is 5.48. The van der Waals surface area contributed by atoms with Crippen molar-refractivity contribution >= 4 is 21.3 Å². The molecule has 0 amide bonds. The average molecular weight is 191 g/mol. The number of rotatable bonds is 3. The minimum atomic E-state index is -2.38. The van der Waals surface area contributed by atoms with Gasteiger partial charge in [0.2, 0.25) is 0 Å². The van der Waals surface area contributed by atoms with Crippen LogP contribution in [0, 0.1) is 0 Å². The van der Waals surface area contributed by atoms with Crippen molar-refractivity contribution in [2.45, 2.75) is 19.9 Å². The number of carbonyl (C=O) groups excluding carboxylic acids is 2. The maximum atomic E-state index is 11.1. The summed E-state index contributed by atoms with van der Waals surface area (Å²) in [7, 11) is -2.38. The van der Waals surface area contributed by atoms with Crippen LogP contribution in [0.2, 0.25) is 0 Å². The Morgan fingerprint density at radius 1 is 1.17 bits per heavy atom. The van der Waals surface area contributed by atoms with E-state index < -0.39 is 15.8 Å². The number of nitrogens with zero attached hydrogens (tertiary/aromatic N) is 1. The van der Waals surface area contributed by atoms with E-state index in [-0.39, 0.29) is 11.6 Å². The Kier molecular flexibility index (Phi) is 3.57. The molecule has 0 unspecified atom stereocenters. The summed E-state index contributed by atoms with van der Waals surface area (Å²) in [5.41, 5.74) is 0. The van der Waals surface area contributed by atoms with Crippen LogP contribution < -0.4 is 0 Å². The monoisotopic (exact) mass is 191 g/mol. The minimum absolute atomic E-state index is 0.362. The first kappa shape index (κ1) is 11.3. The summed E-state index contributed by atoms with van der Waals surface area (Å²) in [6, 6.07) is -1.05. The van der Waals surface area contributed by atoms with Gasteiger partial charge in [0.05, 0.1) is 0 Å². The Labute approximate surface area is 72.5 Å². The summed E-state index contributed by atoms with van der Waals surface area (Å²) in [4.78, 5) is 21.6. The molecule has 0 aliphatic rings. The molecule has 0 fully saturated rings. The standard InChI is InChI=1S/C7H13NO3S/c1-5(9)7(6(2)10)8-12(3,4)11/h7H,1-4H3. The molecule has 12 heavy (non-hydrogen) atoms. The van der Waals surface area contributed by atoms with Crippen LogP contribution in [-0.4, -0.2) is 34.3 Å². The predicted molar refractivity (Wildman–Crippen MR) is 47.6 cm³/mol. The lowest BCUT2D eigenvalue weighted by molar-refractivity contribution is -0.126. The molecule has 0 rings (SSSR count). The van der Waals surface area contributed by atoms with Gasteiger partial charge in [-0.2, -0.15) is 0 Å². The number of carbonyl (C=O) groups is 2. The molecule has 0 aromatic heterocycles. The third kappa shape index (κ3) is 4.23. The highest BCUT2D eigenvalue weighted by atomic mass is 32.2. The van der Waals surface area contributed by atoms with E-state index in [9.17, 15) is 13.8 Å². The van der Waals surface area contributed by atoms with Crippen LogP contribution in [0.25, 0.3) is 0 Å². The molecule has 0 bridgehead atoms. The van der Waals surface area contributed by atoms with E-state index in [2.05, 4.69) is 4.36 Å². The van der Waals surface area contributed by atoms with E-state index >= 15 is 0 Å². The zero-order valence-corrected chi connectivity index (χ0v) is 8.47. The van der Waals surface area contributed by atoms with Gasteiger partial charge in [-0.1, -0.05) is 0 Å². The van der Waals surface area contributed by atoms with E-state index in [1.54, 1.807) is 0 Å². The van der Waals surface area contributed by atoms with Gasteiger partial charge in [0.1, 0.15) is 0 Å². The van der Waals surface area contributed by atoms with Crippen LogP contribution in [-0.2, 0) is 19.3 Å². The van der Waals surface area contributed by atoms with Gasteiger partial charge in [0, 0.05) is 22.2 Å². The molecular weight excluding hydrogens is 178 g/mol. The average Bonchev–Trinajstić information content (AvgIpc) is 1.79. The number of ketones is 2. The first-order valence-corrected chi connectivity index (χ1v) is 5.74. The topological polar surface area (TPSA) is 63.6 Å². The molecule has 4 nitrogen and oxygen atoms in total. The normalized spacial score (nSPS) is 11.4. The van der Waals surface area contributed by atoms with Crippen molar-refractivity contribution in [2.24, 2.45) is 4.36 Å². The summed E-state index contributed by atoms with van der Waals surface area (Å²) in [5, 5.41) is 0. The number of Topliss-reactive ketones (excluding diaryl/α,β-unsaturated/α-hetero) is 2. The second-order valence-electron chi connectivity index (χ2n) is 2.91. The molecule has 0 aromatic rings. The highest BCUT2D eigenvalue weighted by Crippen LogP contribution is 1.98. The molecule has 70 valence electrons. The lowest BCUT2D eigenvalue weighted by Gasteiger charge is -2.04. The summed E-state index contributed by atoms with van der Waals surface area (Å²) >= 11 is 0. The molecule has 0 aliphatic heterocycles. The smallest absolute Gasteiger partial charge is 0.175 e. The van der Waals surface area contributed by atoms with Gasteiger partial charge in [-0.05, 0) is 13.8 Å². The van der Waals surface area contributed by atoms with Crippen LogP contribution >= 0.6 is 0 Å². The van der Waals surface area contributed by atoms with Crippen molar-refractivity contribution in [3.63, 3.8) is 0 Å². The van der Waals surface area contributed by atoms with Crippen LogP contribution in [0.1, 0.15) is 13.8 Å². The van der Waals surface area contributed by atoms with E-state index in [0.717, 1.165) is 0 Å². The third-order valence-corrected chi connectivity index (χ3v) is 1.85.